The molecule has 0 saturated carbocycles. The van der Waals surface area contributed by atoms with Crippen molar-refractivity contribution in [2.24, 2.45) is 0 Å². The summed E-state index contributed by atoms with van der Waals surface area (Å²) in [6, 6.07) is 0. The van der Waals surface area contributed by atoms with E-state index in [1.54, 1.807) is 0 Å². The second-order valence-electron chi connectivity index (χ2n) is 3.71. The van der Waals surface area contributed by atoms with E-state index in [0.717, 1.165) is 5.69 Å². The van der Waals surface area contributed by atoms with Crippen molar-refractivity contribution in [1.29, 1.82) is 0 Å². The van der Waals surface area contributed by atoms with E-state index >= 15 is 0 Å². The number of esters is 1. The molecule has 2 N–H and O–H groups in total. The normalized spacial score (nSPS) is 10.4. The number of nitrogens with one attached hydrogen (secondary N) is 2. The number of amides is 1. The summed E-state index contributed by atoms with van der Waals surface area (Å²) in [5.41, 5.74) is 1.07. The van der Waals surface area contributed by atoms with Gasteiger partial charge in [0.2, 0.25) is 0 Å². The zero-order valence-corrected chi connectivity index (χ0v) is 11.4. The third kappa shape index (κ3) is 3.29. The van der Waals surface area contributed by atoms with E-state index in [1.807, 2.05) is 13.8 Å². The molecule has 1 amide bonds. The topological polar surface area (TPSA) is 84.1 Å². The fourth-order valence-corrected chi connectivity index (χ4v) is 2.00. The van der Waals surface area contributed by atoms with Crippen molar-refractivity contribution < 1.29 is 14.3 Å². The SMILES string of the molecule is COC(=O)CNC(=O)c1n[nH]c(C(C)C)c1Br. The first kappa shape index (κ1) is 13.7. The van der Waals surface area contributed by atoms with Crippen LogP contribution in [0.15, 0.2) is 4.47 Å². The van der Waals surface area contributed by atoms with Gasteiger partial charge in [-0.15, -0.1) is 0 Å². The first-order valence-corrected chi connectivity index (χ1v) is 5.85. The van der Waals surface area contributed by atoms with Crippen LogP contribution < -0.4 is 5.32 Å². The van der Waals surface area contributed by atoms with Crippen LogP contribution in [0.4, 0.5) is 0 Å². The zero-order chi connectivity index (χ0) is 13.0. The molecule has 0 saturated heterocycles. The van der Waals surface area contributed by atoms with Gasteiger partial charge in [0.1, 0.15) is 6.54 Å². The Morgan fingerprint density at radius 1 is 1.53 bits per heavy atom. The number of H-pyrrole nitrogens is 1. The number of carbonyl (C=O) groups excluding carboxylic acids is 2. The average molecular weight is 304 g/mol. The van der Waals surface area contributed by atoms with Crippen LogP contribution in [0.1, 0.15) is 35.9 Å². The van der Waals surface area contributed by atoms with Gasteiger partial charge in [-0.1, -0.05) is 13.8 Å². The molecule has 0 aromatic carbocycles. The molecule has 0 bridgehead atoms. The molecule has 1 aromatic heterocycles. The highest BCUT2D eigenvalue weighted by Crippen LogP contribution is 2.25. The molecule has 0 atom stereocenters. The van der Waals surface area contributed by atoms with Gasteiger partial charge >= 0.3 is 5.97 Å². The number of carbonyl (C=O) groups is 2. The smallest absolute Gasteiger partial charge is 0.325 e. The highest BCUT2D eigenvalue weighted by Gasteiger charge is 2.19. The first-order valence-electron chi connectivity index (χ1n) is 5.06. The number of rotatable bonds is 4. The van der Waals surface area contributed by atoms with Crippen LogP contribution in [0, 0.1) is 0 Å². The van der Waals surface area contributed by atoms with Gasteiger partial charge in [-0.3, -0.25) is 14.7 Å². The van der Waals surface area contributed by atoms with Crippen molar-refractivity contribution in [3.05, 3.63) is 15.9 Å². The Morgan fingerprint density at radius 2 is 2.18 bits per heavy atom. The lowest BCUT2D eigenvalue weighted by atomic mass is 10.1. The molecule has 94 valence electrons. The van der Waals surface area contributed by atoms with E-state index < -0.39 is 11.9 Å². The van der Waals surface area contributed by atoms with Gasteiger partial charge in [-0.2, -0.15) is 5.10 Å². The second kappa shape index (κ2) is 5.81. The van der Waals surface area contributed by atoms with E-state index in [9.17, 15) is 9.59 Å². The summed E-state index contributed by atoms with van der Waals surface area (Å²) >= 11 is 3.31. The number of halogens is 1. The molecule has 0 spiro atoms. The van der Waals surface area contributed by atoms with Gasteiger partial charge in [-0.25, -0.2) is 0 Å². The van der Waals surface area contributed by atoms with Crippen molar-refractivity contribution >= 4 is 27.8 Å². The fraction of sp³-hybridized carbons (Fsp3) is 0.500. The van der Waals surface area contributed by atoms with Crippen LogP contribution >= 0.6 is 15.9 Å². The summed E-state index contributed by atoms with van der Waals surface area (Å²) in [7, 11) is 1.26. The lowest BCUT2D eigenvalue weighted by Crippen LogP contribution is -2.30. The van der Waals surface area contributed by atoms with Crippen LogP contribution in [0.3, 0.4) is 0 Å². The van der Waals surface area contributed by atoms with Crippen LogP contribution in [-0.2, 0) is 9.53 Å². The number of hydrogen-bond donors (Lipinski definition) is 2. The summed E-state index contributed by atoms with van der Waals surface area (Å²) in [6.45, 7) is 3.79. The predicted molar refractivity (Wildman–Crippen MR) is 64.7 cm³/mol. The molecule has 0 aliphatic carbocycles. The lowest BCUT2D eigenvalue weighted by molar-refractivity contribution is -0.139. The van der Waals surface area contributed by atoms with Crippen molar-refractivity contribution in [1.82, 2.24) is 15.5 Å². The number of methoxy groups -OCH3 is 1. The summed E-state index contributed by atoms with van der Waals surface area (Å²) in [4.78, 5) is 22.6. The van der Waals surface area contributed by atoms with Crippen LogP contribution in [0.5, 0.6) is 0 Å². The van der Waals surface area contributed by atoms with Gasteiger partial charge < -0.3 is 10.1 Å². The number of aromatic amines is 1. The third-order valence-electron chi connectivity index (χ3n) is 2.15. The molecular formula is C10H14BrN3O3. The van der Waals surface area contributed by atoms with E-state index in [2.05, 4.69) is 36.2 Å². The first-order chi connectivity index (χ1) is 7.97. The molecule has 0 unspecified atom stereocenters. The fourth-order valence-electron chi connectivity index (χ4n) is 1.18. The van der Waals surface area contributed by atoms with Crippen molar-refractivity contribution in [2.75, 3.05) is 13.7 Å². The summed E-state index contributed by atoms with van der Waals surface area (Å²) in [5, 5.41) is 9.10. The number of hydrogen-bond acceptors (Lipinski definition) is 4. The van der Waals surface area contributed by atoms with E-state index in [0.29, 0.717) is 4.47 Å². The minimum absolute atomic E-state index is 0.175. The van der Waals surface area contributed by atoms with Gasteiger partial charge in [-0.05, 0) is 21.8 Å². The Labute approximate surface area is 107 Å². The highest BCUT2D eigenvalue weighted by molar-refractivity contribution is 9.10. The number of nitrogens with zero attached hydrogens (tertiary/aromatic N) is 1. The molecule has 1 heterocycles. The molecule has 17 heavy (non-hydrogen) atoms. The lowest BCUT2D eigenvalue weighted by Gasteiger charge is -2.03. The second-order valence-corrected chi connectivity index (χ2v) is 4.51. The van der Waals surface area contributed by atoms with Gasteiger partial charge in [0.15, 0.2) is 5.69 Å². The summed E-state index contributed by atoms with van der Waals surface area (Å²) in [6.07, 6.45) is 0. The Morgan fingerprint density at radius 3 is 2.65 bits per heavy atom. The van der Waals surface area contributed by atoms with Crippen molar-refractivity contribution in [3.8, 4) is 0 Å². The maximum atomic E-state index is 11.7. The molecular weight excluding hydrogens is 290 g/mol. The minimum atomic E-state index is -0.505. The van der Waals surface area contributed by atoms with E-state index in [4.69, 9.17) is 0 Å². The maximum Gasteiger partial charge on any atom is 0.325 e. The Hall–Kier alpha value is -1.37. The van der Waals surface area contributed by atoms with Crippen molar-refractivity contribution in [2.45, 2.75) is 19.8 Å². The molecule has 0 aliphatic heterocycles. The molecule has 0 aliphatic rings. The summed E-state index contributed by atoms with van der Waals surface area (Å²) in [5.74, 6) is -0.710. The molecule has 1 rings (SSSR count). The molecule has 1 aromatic rings. The average Bonchev–Trinajstić information content (AvgIpc) is 2.67. The molecule has 0 fully saturated rings. The van der Waals surface area contributed by atoms with Crippen LogP contribution in [0.25, 0.3) is 0 Å². The van der Waals surface area contributed by atoms with E-state index in [1.165, 1.54) is 7.11 Å². The number of ether oxygens (including phenoxy) is 1. The quantitative estimate of drug-likeness (QED) is 0.819. The monoisotopic (exact) mass is 303 g/mol. The Bertz CT molecular complexity index is 428. The Kier molecular flexibility index (Phi) is 4.68. The standard InChI is InChI=1S/C10H14BrN3O3/c1-5(2)8-7(11)9(14-13-8)10(16)12-4-6(15)17-3/h5H,4H2,1-3H3,(H,12,16)(H,13,14). The largest absolute Gasteiger partial charge is 0.468 e. The highest BCUT2D eigenvalue weighted by atomic mass is 79.9. The predicted octanol–water partition coefficient (Wildman–Crippen LogP) is 1.20. The van der Waals surface area contributed by atoms with Crippen LogP contribution in [0.2, 0.25) is 0 Å². The minimum Gasteiger partial charge on any atom is -0.468 e. The third-order valence-corrected chi connectivity index (χ3v) is 2.95. The van der Waals surface area contributed by atoms with E-state index in [-0.39, 0.29) is 18.2 Å². The van der Waals surface area contributed by atoms with Crippen molar-refractivity contribution in [3.63, 3.8) is 0 Å². The van der Waals surface area contributed by atoms with Gasteiger partial charge in [0.05, 0.1) is 17.3 Å². The Balaban J connectivity index is 2.73. The van der Waals surface area contributed by atoms with Gasteiger partial charge in [0.25, 0.3) is 5.91 Å². The number of aromatic nitrogens is 2. The molecule has 0 radical (unpaired) electrons. The summed E-state index contributed by atoms with van der Waals surface area (Å²) < 4.78 is 5.04. The molecule has 7 heteroatoms. The van der Waals surface area contributed by atoms with Gasteiger partial charge in [0, 0.05) is 0 Å². The zero-order valence-electron chi connectivity index (χ0n) is 9.83. The maximum absolute atomic E-state index is 11.7. The molecule has 6 nitrogen and oxygen atoms in total. The van der Waals surface area contributed by atoms with Crippen LogP contribution in [-0.4, -0.2) is 35.7 Å².